The maximum atomic E-state index is 12.0. The first-order chi connectivity index (χ1) is 8.73. The third-order valence-electron chi connectivity index (χ3n) is 3.46. The summed E-state index contributed by atoms with van der Waals surface area (Å²) in [5, 5.41) is 7.09. The van der Waals surface area contributed by atoms with E-state index in [4.69, 9.17) is 0 Å². The molecule has 1 unspecified atom stereocenters. The van der Waals surface area contributed by atoms with Crippen molar-refractivity contribution < 1.29 is 9.59 Å². The van der Waals surface area contributed by atoms with Crippen molar-refractivity contribution in [2.75, 3.05) is 0 Å². The lowest BCUT2D eigenvalue weighted by atomic mass is 10.0. The van der Waals surface area contributed by atoms with E-state index < -0.39 is 6.04 Å². The van der Waals surface area contributed by atoms with Gasteiger partial charge in [-0.1, -0.05) is 13.8 Å². The summed E-state index contributed by atoms with van der Waals surface area (Å²) in [7, 11) is 0. The van der Waals surface area contributed by atoms with Crippen LogP contribution in [0.1, 0.15) is 37.7 Å². The molecule has 0 saturated heterocycles. The Balaban J connectivity index is 2.75. The minimum atomic E-state index is -0.425. The Morgan fingerprint density at radius 2 is 1.84 bits per heavy atom. The summed E-state index contributed by atoms with van der Waals surface area (Å²) in [5.41, 5.74) is 3.01. The highest BCUT2D eigenvalue weighted by atomic mass is 16.2. The SMILES string of the molecule is CC(=O)C(NC(=O)Cn1nc(C)c(C)c1C)C(C)C. The lowest BCUT2D eigenvalue weighted by molar-refractivity contribution is -0.128. The third kappa shape index (κ3) is 3.66. The zero-order chi connectivity index (χ0) is 14.7. The number of nitrogens with one attached hydrogen (secondary N) is 1. The molecule has 1 aromatic heterocycles. The Labute approximate surface area is 114 Å². The first-order valence-corrected chi connectivity index (χ1v) is 6.54. The number of aromatic nitrogens is 2. The number of carbonyl (C=O) groups excluding carboxylic acids is 2. The van der Waals surface area contributed by atoms with E-state index in [9.17, 15) is 9.59 Å². The second-order valence-corrected chi connectivity index (χ2v) is 5.35. The van der Waals surface area contributed by atoms with Crippen LogP contribution in [0.3, 0.4) is 0 Å². The van der Waals surface area contributed by atoms with Crippen LogP contribution in [0, 0.1) is 26.7 Å². The lowest BCUT2D eigenvalue weighted by Gasteiger charge is -2.19. The number of hydrogen-bond donors (Lipinski definition) is 1. The van der Waals surface area contributed by atoms with Gasteiger partial charge in [0.2, 0.25) is 5.91 Å². The molecule has 106 valence electrons. The van der Waals surface area contributed by atoms with Crippen molar-refractivity contribution in [1.29, 1.82) is 0 Å². The molecular formula is C14H23N3O2. The molecule has 5 heteroatoms. The Morgan fingerprint density at radius 1 is 1.26 bits per heavy atom. The number of carbonyl (C=O) groups is 2. The first kappa shape index (κ1) is 15.4. The Morgan fingerprint density at radius 3 is 2.21 bits per heavy atom. The number of Topliss-reactive ketones (excluding diaryl/α,β-unsaturated/α-hetero) is 1. The van der Waals surface area contributed by atoms with E-state index in [1.807, 2.05) is 34.6 Å². The number of rotatable bonds is 5. The summed E-state index contributed by atoms with van der Waals surface area (Å²) in [4.78, 5) is 23.4. The zero-order valence-electron chi connectivity index (χ0n) is 12.6. The molecule has 1 rings (SSSR count). The Hall–Kier alpha value is -1.65. The molecule has 0 saturated carbocycles. The number of aryl methyl sites for hydroxylation is 1. The molecule has 0 radical (unpaired) electrons. The fourth-order valence-electron chi connectivity index (χ4n) is 2.03. The van der Waals surface area contributed by atoms with Crippen molar-refractivity contribution in [3.05, 3.63) is 17.0 Å². The van der Waals surface area contributed by atoms with Crippen molar-refractivity contribution in [1.82, 2.24) is 15.1 Å². The van der Waals surface area contributed by atoms with Gasteiger partial charge in [0.15, 0.2) is 5.78 Å². The summed E-state index contributed by atoms with van der Waals surface area (Å²) in [6.07, 6.45) is 0. The van der Waals surface area contributed by atoms with Crippen LogP contribution in [0.2, 0.25) is 0 Å². The fraction of sp³-hybridized carbons (Fsp3) is 0.643. The smallest absolute Gasteiger partial charge is 0.242 e. The van der Waals surface area contributed by atoms with Crippen LogP contribution < -0.4 is 5.32 Å². The largest absolute Gasteiger partial charge is 0.344 e. The van der Waals surface area contributed by atoms with Gasteiger partial charge in [0.05, 0.1) is 11.7 Å². The van der Waals surface area contributed by atoms with Gasteiger partial charge in [-0.15, -0.1) is 0 Å². The molecule has 1 heterocycles. The van der Waals surface area contributed by atoms with Gasteiger partial charge in [0.1, 0.15) is 6.54 Å². The fourth-order valence-corrected chi connectivity index (χ4v) is 2.03. The molecule has 0 aliphatic carbocycles. The van der Waals surface area contributed by atoms with Crippen molar-refractivity contribution in [2.24, 2.45) is 5.92 Å². The topological polar surface area (TPSA) is 64.0 Å². The highest BCUT2D eigenvalue weighted by molar-refractivity contribution is 5.87. The van der Waals surface area contributed by atoms with Crippen LogP contribution in [0.5, 0.6) is 0 Å². The van der Waals surface area contributed by atoms with Crippen LogP contribution in [0.4, 0.5) is 0 Å². The number of amides is 1. The molecule has 1 N–H and O–H groups in total. The maximum absolute atomic E-state index is 12.0. The number of hydrogen-bond acceptors (Lipinski definition) is 3. The highest BCUT2D eigenvalue weighted by Crippen LogP contribution is 2.10. The van der Waals surface area contributed by atoms with Crippen LogP contribution in [0.15, 0.2) is 0 Å². The van der Waals surface area contributed by atoms with E-state index in [1.54, 1.807) is 4.68 Å². The van der Waals surface area contributed by atoms with E-state index in [0.717, 1.165) is 17.0 Å². The molecule has 1 amide bonds. The molecule has 5 nitrogen and oxygen atoms in total. The molecule has 0 bridgehead atoms. The summed E-state index contributed by atoms with van der Waals surface area (Å²) >= 11 is 0. The monoisotopic (exact) mass is 265 g/mol. The van der Waals surface area contributed by atoms with Crippen LogP contribution in [-0.2, 0) is 16.1 Å². The molecule has 0 aromatic carbocycles. The highest BCUT2D eigenvalue weighted by Gasteiger charge is 2.21. The van der Waals surface area contributed by atoms with Crippen LogP contribution in [-0.4, -0.2) is 27.5 Å². The van der Waals surface area contributed by atoms with Gasteiger partial charge in [-0.3, -0.25) is 14.3 Å². The van der Waals surface area contributed by atoms with Gasteiger partial charge in [0, 0.05) is 5.69 Å². The predicted molar refractivity (Wildman–Crippen MR) is 73.9 cm³/mol. The van der Waals surface area contributed by atoms with E-state index >= 15 is 0 Å². The molecule has 0 aliphatic heterocycles. The minimum Gasteiger partial charge on any atom is -0.344 e. The van der Waals surface area contributed by atoms with Crippen molar-refractivity contribution in [2.45, 2.75) is 54.1 Å². The summed E-state index contributed by atoms with van der Waals surface area (Å²) in [5.74, 6) is -0.115. The quantitative estimate of drug-likeness (QED) is 0.878. The molecule has 1 atom stereocenters. The van der Waals surface area contributed by atoms with E-state index in [-0.39, 0.29) is 24.2 Å². The first-order valence-electron chi connectivity index (χ1n) is 6.54. The minimum absolute atomic E-state index is 0.0205. The molecule has 1 aromatic rings. The normalized spacial score (nSPS) is 12.6. The standard InChI is InChI=1S/C14H23N3O2/c1-8(2)14(12(6)18)15-13(19)7-17-11(5)9(3)10(4)16-17/h8,14H,7H2,1-6H3,(H,15,19). The Kier molecular flexibility index (Phi) is 4.86. The number of ketones is 1. The summed E-state index contributed by atoms with van der Waals surface area (Å²) in [6.45, 7) is 11.3. The molecule has 0 fully saturated rings. The summed E-state index contributed by atoms with van der Waals surface area (Å²) < 4.78 is 1.68. The average Bonchev–Trinajstić information content (AvgIpc) is 2.53. The predicted octanol–water partition coefficient (Wildman–Crippen LogP) is 1.54. The maximum Gasteiger partial charge on any atom is 0.242 e. The van der Waals surface area contributed by atoms with Crippen LogP contribution >= 0.6 is 0 Å². The van der Waals surface area contributed by atoms with E-state index in [1.165, 1.54) is 6.92 Å². The second kappa shape index (κ2) is 5.99. The Bertz CT molecular complexity index is 489. The summed E-state index contributed by atoms with van der Waals surface area (Å²) in [6, 6.07) is -0.425. The average molecular weight is 265 g/mol. The van der Waals surface area contributed by atoms with Gasteiger partial charge in [-0.25, -0.2) is 0 Å². The van der Waals surface area contributed by atoms with Crippen molar-refractivity contribution >= 4 is 11.7 Å². The molecular weight excluding hydrogens is 242 g/mol. The number of nitrogens with zero attached hydrogens (tertiary/aromatic N) is 2. The van der Waals surface area contributed by atoms with Crippen LogP contribution in [0.25, 0.3) is 0 Å². The van der Waals surface area contributed by atoms with Gasteiger partial charge in [-0.2, -0.15) is 5.10 Å². The van der Waals surface area contributed by atoms with E-state index in [0.29, 0.717) is 0 Å². The molecule has 0 spiro atoms. The van der Waals surface area contributed by atoms with Gasteiger partial charge in [-0.05, 0) is 39.2 Å². The van der Waals surface area contributed by atoms with E-state index in [2.05, 4.69) is 10.4 Å². The molecule has 0 aliphatic rings. The van der Waals surface area contributed by atoms with Crippen molar-refractivity contribution in [3.63, 3.8) is 0 Å². The van der Waals surface area contributed by atoms with Gasteiger partial charge in [0.25, 0.3) is 0 Å². The third-order valence-corrected chi connectivity index (χ3v) is 3.46. The van der Waals surface area contributed by atoms with Gasteiger partial charge < -0.3 is 5.32 Å². The van der Waals surface area contributed by atoms with Gasteiger partial charge >= 0.3 is 0 Å². The lowest BCUT2D eigenvalue weighted by Crippen LogP contribution is -2.44. The van der Waals surface area contributed by atoms with Crippen molar-refractivity contribution in [3.8, 4) is 0 Å². The second-order valence-electron chi connectivity index (χ2n) is 5.35. The molecule has 19 heavy (non-hydrogen) atoms. The zero-order valence-corrected chi connectivity index (χ0v) is 12.6.